The smallest absolute Gasteiger partial charge is 0.191 e. The van der Waals surface area contributed by atoms with Gasteiger partial charge in [-0.2, -0.15) is 0 Å². The van der Waals surface area contributed by atoms with E-state index in [1.165, 1.54) is 5.56 Å². The lowest BCUT2D eigenvalue weighted by atomic mass is 10.1. The first kappa shape index (κ1) is 18.8. The van der Waals surface area contributed by atoms with Crippen molar-refractivity contribution in [1.29, 1.82) is 0 Å². The number of benzene rings is 1. The van der Waals surface area contributed by atoms with Crippen LogP contribution in [0.25, 0.3) is 0 Å². The fourth-order valence-corrected chi connectivity index (χ4v) is 2.08. The van der Waals surface area contributed by atoms with Crippen LogP contribution in [-0.2, 0) is 0 Å². The molecule has 0 fully saturated rings. The van der Waals surface area contributed by atoms with E-state index in [0.717, 1.165) is 30.6 Å². The number of aliphatic imine (C=N–C) groups is 1. The predicted octanol–water partition coefficient (Wildman–Crippen LogP) is 3.34. The zero-order valence-corrected chi connectivity index (χ0v) is 15.1. The summed E-state index contributed by atoms with van der Waals surface area (Å²) in [6, 6.07) is 8.06. The van der Waals surface area contributed by atoms with Crippen molar-refractivity contribution >= 4 is 17.6 Å². The number of guanidine groups is 1. The Morgan fingerprint density at radius 2 is 1.86 bits per heavy atom. The highest BCUT2D eigenvalue weighted by atomic mass is 35.5. The molecule has 124 valence electrons. The normalized spacial score (nSPS) is 13.8. The molecule has 0 aliphatic rings. The molecule has 3 N–H and O–H groups in total. The molecule has 0 radical (unpaired) electrons. The third kappa shape index (κ3) is 7.66. The number of rotatable bonds is 6. The first-order valence-electron chi connectivity index (χ1n) is 7.87. The number of halogens is 1. The van der Waals surface area contributed by atoms with E-state index in [4.69, 9.17) is 11.6 Å². The zero-order chi connectivity index (χ0) is 16.6. The van der Waals surface area contributed by atoms with E-state index in [0.29, 0.717) is 0 Å². The molecule has 0 spiro atoms. The Morgan fingerprint density at radius 1 is 1.23 bits per heavy atom. The zero-order valence-electron chi connectivity index (χ0n) is 14.3. The molecular formula is C17H29ClN4. The van der Waals surface area contributed by atoms with Crippen LogP contribution in [0.15, 0.2) is 29.3 Å². The van der Waals surface area contributed by atoms with Gasteiger partial charge in [-0.15, -0.1) is 0 Å². The Hall–Kier alpha value is -1.26. The van der Waals surface area contributed by atoms with Crippen molar-refractivity contribution in [3.63, 3.8) is 0 Å². The molecule has 0 saturated carbocycles. The van der Waals surface area contributed by atoms with Gasteiger partial charge in [0, 0.05) is 23.7 Å². The van der Waals surface area contributed by atoms with E-state index in [9.17, 15) is 0 Å². The van der Waals surface area contributed by atoms with Gasteiger partial charge in [0.2, 0.25) is 0 Å². The van der Waals surface area contributed by atoms with Gasteiger partial charge in [-0.25, -0.2) is 0 Å². The fourth-order valence-electron chi connectivity index (χ4n) is 1.96. The maximum atomic E-state index is 5.93. The Balaban J connectivity index is 2.56. The first-order valence-corrected chi connectivity index (χ1v) is 8.25. The van der Waals surface area contributed by atoms with Gasteiger partial charge in [-0.05, 0) is 52.3 Å². The predicted molar refractivity (Wildman–Crippen MR) is 96.7 cm³/mol. The molecule has 0 amide bonds. The molecule has 0 heterocycles. The molecule has 0 bridgehead atoms. The summed E-state index contributed by atoms with van der Waals surface area (Å²) in [5, 5.41) is 10.9. The Morgan fingerprint density at radius 3 is 2.41 bits per heavy atom. The lowest BCUT2D eigenvalue weighted by Gasteiger charge is -2.21. The summed E-state index contributed by atoms with van der Waals surface area (Å²) < 4.78 is 0. The van der Waals surface area contributed by atoms with E-state index in [2.05, 4.69) is 55.6 Å². The van der Waals surface area contributed by atoms with Gasteiger partial charge in [0.15, 0.2) is 5.96 Å². The molecule has 5 heteroatoms. The van der Waals surface area contributed by atoms with Crippen molar-refractivity contribution < 1.29 is 0 Å². The second kappa shape index (κ2) is 9.01. The topological polar surface area (TPSA) is 48.5 Å². The van der Waals surface area contributed by atoms with E-state index in [1.54, 1.807) is 0 Å². The summed E-state index contributed by atoms with van der Waals surface area (Å²) in [6.45, 7) is 13.1. The minimum Gasteiger partial charge on any atom is -0.357 e. The van der Waals surface area contributed by atoms with Crippen LogP contribution in [0.1, 0.15) is 46.2 Å². The number of nitrogens with zero attached hydrogens (tertiary/aromatic N) is 1. The molecule has 1 aromatic carbocycles. The van der Waals surface area contributed by atoms with Gasteiger partial charge in [0.1, 0.15) is 0 Å². The average Bonchev–Trinajstić information content (AvgIpc) is 2.43. The van der Waals surface area contributed by atoms with Gasteiger partial charge >= 0.3 is 0 Å². The number of hydrogen-bond donors (Lipinski definition) is 3. The Bertz CT molecular complexity index is 463. The minimum atomic E-state index is 0.123. The van der Waals surface area contributed by atoms with Crippen molar-refractivity contribution in [1.82, 2.24) is 16.0 Å². The third-order valence-corrected chi connectivity index (χ3v) is 3.36. The molecule has 22 heavy (non-hydrogen) atoms. The molecule has 0 aliphatic heterocycles. The van der Waals surface area contributed by atoms with E-state index in [1.807, 2.05) is 24.3 Å². The van der Waals surface area contributed by atoms with Gasteiger partial charge < -0.3 is 16.0 Å². The summed E-state index contributed by atoms with van der Waals surface area (Å²) in [6.07, 6.45) is 0. The summed E-state index contributed by atoms with van der Waals surface area (Å²) in [5.41, 5.74) is 1.31. The lowest BCUT2D eigenvalue weighted by Crippen LogP contribution is -2.40. The molecule has 0 aromatic heterocycles. The maximum Gasteiger partial charge on any atom is 0.191 e. The van der Waals surface area contributed by atoms with Crippen LogP contribution in [0, 0.1) is 0 Å². The van der Waals surface area contributed by atoms with Crippen LogP contribution in [-0.4, -0.2) is 31.1 Å². The first-order chi connectivity index (χ1) is 10.3. The van der Waals surface area contributed by atoms with Gasteiger partial charge in [0.25, 0.3) is 0 Å². The van der Waals surface area contributed by atoms with Crippen molar-refractivity contribution in [3.8, 4) is 0 Å². The monoisotopic (exact) mass is 324 g/mol. The second-order valence-electron chi connectivity index (χ2n) is 6.36. The summed E-state index contributed by atoms with van der Waals surface area (Å²) >= 11 is 5.93. The van der Waals surface area contributed by atoms with Crippen LogP contribution in [0.4, 0.5) is 0 Å². The summed E-state index contributed by atoms with van der Waals surface area (Å²) in [4.78, 5) is 4.61. The number of nitrogens with one attached hydrogen (secondary N) is 3. The van der Waals surface area contributed by atoms with Crippen LogP contribution in [0.3, 0.4) is 0 Å². The maximum absolute atomic E-state index is 5.93. The summed E-state index contributed by atoms with van der Waals surface area (Å²) in [7, 11) is 0. The highest BCUT2D eigenvalue weighted by Gasteiger charge is 2.09. The van der Waals surface area contributed by atoms with Crippen LogP contribution >= 0.6 is 11.6 Å². The van der Waals surface area contributed by atoms with Crippen LogP contribution in [0.5, 0.6) is 0 Å². The van der Waals surface area contributed by atoms with Gasteiger partial charge in [-0.3, -0.25) is 4.99 Å². The fraction of sp³-hybridized carbons (Fsp3) is 0.588. The minimum absolute atomic E-state index is 0.123. The van der Waals surface area contributed by atoms with Crippen LogP contribution in [0.2, 0.25) is 5.02 Å². The molecule has 1 aromatic rings. The SMILES string of the molecule is CCNC(=NCCNC(C)(C)C)NC(C)c1ccc(Cl)cc1. The Kier molecular flexibility index (Phi) is 7.69. The quantitative estimate of drug-likeness (QED) is 0.427. The van der Waals surface area contributed by atoms with E-state index in [-0.39, 0.29) is 11.6 Å². The second-order valence-corrected chi connectivity index (χ2v) is 6.79. The molecule has 0 aliphatic carbocycles. The number of hydrogen-bond acceptors (Lipinski definition) is 2. The third-order valence-electron chi connectivity index (χ3n) is 3.10. The molecular weight excluding hydrogens is 296 g/mol. The van der Waals surface area contributed by atoms with Crippen molar-refractivity contribution in [2.45, 2.75) is 46.2 Å². The highest BCUT2D eigenvalue weighted by molar-refractivity contribution is 6.30. The highest BCUT2D eigenvalue weighted by Crippen LogP contribution is 2.15. The van der Waals surface area contributed by atoms with E-state index >= 15 is 0 Å². The Labute approximate surface area is 139 Å². The molecule has 1 atom stereocenters. The van der Waals surface area contributed by atoms with Crippen molar-refractivity contribution in [2.24, 2.45) is 4.99 Å². The molecule has 4 nitrogen and oxygen atoms in total. The largest absolute Gasteiger partial charge is 0.357 e. The van der Waals surface area contributed by atoms with Crippen molar-refractivity contribution in [3.05, 3.63) is 34.9 Å². The molecule has 0 saturated heterocycles. The van der Waals surface area contributed by atoms with Gasteiger partial charge in [-0.1, -0.05) is 23.7 Å². The lowest BCUT2D eigenvalue weighted by molar-refractivity contribution is 0.432. The molecule has 1 rings (SSSR count). The van der Waals surface area contributed by atoms with Crippen LogP contribution < -0.4 is 16.0 Å². The summed E-state index contributed by atoms with van der Waals surface area (Å²) in [5.74, 6) is 0.834. The molecule has 1 unspecified atom stereocenters. The van der Waals surface area contributed by atoms with Gasteiger partial charge in [0.05, 0.1) is 12.6 Å². The van der Waals surface area contributed by atoms with E-state index < -0.39 is 0 Å². The van der Waals surface area contributed by atoms with Crippen molar-refractivity contribution in [2.75, 3.05) is 19.6 Å². The standard InChI is InChI=1S/C17H29ClN4/c1-6-19-16(20-11-12-21-17(3,4)5)22-13(2)14-7-9-15(18)10-8-14/h7-10,13,21H,6,11-12H2,1-5H3,(H2,19,20,22). The average molecular weight is 325 g/mol.